The van der Waals surface area contributed by atoms with Crippen LogP contribution in [0.1, 0.15) is 20.7 Å². The average Bonchev–Trinajstić information content (AvgIpc) is 2.35. The number of carbonyl (C=O) groups is 2. The first-order valence-corrected chi connectivity index (χ1v) is 5.53. The molecule has 0 spiro atoms. The van der Waals surface area contributed by atoms with E-state index in [9.17, 15) is 22.6 Å². The summed E-state index contributed by atoms with van der Waals surface area (Å²) in [6.45, 7) is 0. The highest BCUT2D eigenvalue weighted by Crippen LogP contribution is 2.16. The van der Waals surface area contributed by atoms with Gasteiger partial charge < -0.3 is 4.55 Å². The molecule has 1 rings (SSSR count). The van der Waals surface area contributed by atoms with Crippen LogP contribution in [0, 0.1) is 0 Å². The molecule has 10 heteroatoms. The highest BCUT2D eigenvalue weighted by atomic mass is 32.2. The zero-order valence-corrected chi connectivity index (χ0v) is 9.21. The predicted octanol–water partition coefficient (Wildman–Crippen LogP) is -0.150. The number of rotatable bonds is 3. The van der Waals surface area contributed by atoms with Crippen LogP contribution < -0.4 is 0 Å². The molecule has 0 heterocycles. The van der Waals surface area contributed by atoms with Crippen LogP contribution in [-0.2, 0) is 19.9 Å². The van der Waals surface area contributed by atoms with Gasteiger partial charge in [-0.3, -0.25) is 9.78 Å². The van der Waals surface area contributed by atoms with Crippen LogP contribution in [0.5, 0.6) is 0 Å². The first-order chi connectivity index (χ1) is 8.29. The van der Waals surface area contributed by atoms with E-state index in [0.717, 1.165) is 6.07 Å². The predicted molar refractivity (Wildman–Crippen MR) is 50.5 cm³/mol. The SMILES string of the molecule is O=C(OO)c1cc(C(=O)OO)cc(S(=O)(=O)[O-])c1. The van der Waals surface area contributed by atoms with Crippen LogP contribution in [0.25, 0.3) is 0 Å². The number of hydrogen-bond acceptors (Lipinski definition) is 9. The summed E-state index contributed by atoms with van der Waals surface area (Å²) >= 11 is 0. The minimum absolute atomic E-state index is 0.588. The topological polar surface area (TPSA) is 150 Å². The number of carbonyl (C=O) groups excluding carboxylic acids is 2. The Morgan fingerprint density at radius 3 is 1.67 bits per heavy atom. The quantitative estimate of drug-likeness (QED) is 0.436. The molecule has 2 N–H and O–H groups in total. The number of hydrogen-bond donors (Lipinski definition) is 2. The molecule has 1 aromatic rings. The van der Waals surface area contributed by atoms with E-state index in [-0.39, 0.29) is 0 Å². The smallest absolute Gasteiger partial charge is 0.372 e. The molecule has 0 bridgehead atoms. The zero-order chi connectivity index (χ0) is 13.9. The molecule has 0 fully saturated rings. The fourth-order valence-corrected chi connectivity index (χ4v) is 1.63. The van der Waals surface area contributed by atoms with Crippen molar-refractivity contribution < 1.29 is 42.8 Å². The van der Waals surface area contributed by atoms with Gasteiger partial charge in [0, 0.05) is 0 Å². The average molecular weight is 277 g/mol. The van der Waals surface area contributed by atoms with Crippen molar-refractivity contribution in [1.82, 2.24) is 0 Å². The van der Waals surface area contributed by atoms with Crippen LogP contribution in [0.3, 0.4) is 0 Å². The van der Waals surface area contributed by atoms with Crippen molar-refractivity contribution in [3.05, 3.63) is 29.3 Å². The molecule has 1 aromatic carbocycles. The summed E-state index contributed by atoms with van der Waals surface area (Å²) < 4.78 is 32.3. The first kappa shape index (κ1) is 14.1. The third kappa shape index (κ3) is 3.01. The Kier molecular flexibility index (Phi) is 3.98. The Hall–Kier alpha value is -2.01. The fourth-order valence-electron chi connectivity index (χ4n) is 1.08. The summed E-state index contributed by atoms with van der Waals surface area (Å²) in [7, 11) is -4.96. The van der Waals surface area contributed by atoms with Crippen molar-refractivity contribution in [3.63, 3.8) is 0 Å². The van der Waals surface area contributed by atoms with Crippen molar-refractivity contribution >= 4 is 22.1 Å². The van der Waals surface area contributed by atoms with E-state index in [1.807, 2.05) is 0 Å². The molecule has 0 amide bonds. The lowest BCUT2D eigenvalue weighted by molar-refractivity contribution is -0.183. The summed E-state index contributed by atoms with van der Waals surface area (Å²) in [5.74, 6) is -2.79. The molecule has 0 saturated heterocycles. The number of benzene rings is 1. The molecule has 0 aromatic heterocycles. The molecular weight excluding hydrogens is 272 g/mol. The van der Waals surface area contributed by atoms with Gasteiger partial charge in [0.05, 0.1) is 16.0 Å². The molecule has 98 valence electrons. The highest BCUT2D eigenvalue weighted by molar-refractivity contribution is 7.85. The normalized spacial score (nSPS) is 10.8. The van der Waals surface area contributed by atoms with Gasteiger partial charge in [-0.05, 0) is 18.2 Å². The fraction of sp³-hybridized carbons (Fsp3) is 0. The van der Waals surface area contributed by atoms with E-state index in [1.165, 1.54) is 0 Å². The van der Waals surface area contributed by atoms with Gasteiger partial charge >= 0.3 is 11.9 Å². The summed E-state index contributed by atoms with van der Waals surface area (Å²) in [5.41, 5.74) is -1.18. The molecule has 0 unspecified atom stereocenters. The van der Waals surface area contributed by atoms with Gasteiger partial charge in [0.2, 0.25) is 0 Å². The van der Waals surface area contributed by atoms with E-state index in [2.05, 4.69) is 9.78 Å². The van der Waals surface area contributed by atoms with Crippen molar-refractivity contribution in [3.8, 4) is 0 Å². The van der Waals surface area contributed by atoms with Crippen molar-refractivity contribution in [2.24, 2.45) is 0 Å². The highest BCUT2D eigenvalue weighted by Gasteiger charge is 2.17. The van der Waals surface area contributed by atoms with Crippen LogP contribution in [0.4, 0.5) is 0 Å². The standard InChI is InChI=1S/C8H6O9S/c9-7(16-11)4-1-5(8(10)17-12)3-6(2-4)18(13,14)15/h1-3,11-12H,(H,13,14,15)/p-1. The minimum atomic E-state index is -4.96. The molecule has 0 radical (unpaired) electrons. The van der Waals surface area contributed by atoms with Gasteiger partial charge in [-0.1, -0.05) is 0 Å². The molecule has 9 nitrogen and oxygen atoms in total. The van der Waals surface area contributed by atoms with Gasteiger partial charge in [0.15, 0.2) is 0 Å². The maximum Gasteiger partial charge on any atom is 0.372 e. The lowest BCUT2D eigenvalue weighted by Gasteiger charge is -2.09. The van der Waals surface area contributed by atoms with Crippen LogP contribution >= 0.6 is 0 Å². The van der Waals surface area contributed by atoms with Gasteiger partial charge in [0.25, 0.3) is 0 Å². The molecule has 0 aliphatic heterocycles. The van der Waals surface area contributed by atoms with E-state index in [4.69, 9.17) is 10.5 Å². The molecule has 0 aliphatic rings. The summed E-state index contributed by atoms with van der Waals surface area (Å²) in [6.07, 6.45) is 0. The van der Waals surface area contributed by atoms with Crippen molar-refractivity contribution in [2.75, 3.05) is 0 Å². The van der Waals surface area contributed by atoms with E-state index < -0.39 is 38.1 Å². The van der Waals surface area contributed by atoms with Crippen molar-refractivity contribution in [2.45, 2.75) is 4.90 Å². The Labute approximate surface area is 99.8 Å². The second kappa shape index (κ2) is 5.10. The molecule has 0 saturated carbocycles. The largest absolute Gasteiger partial charge is 0.744 e. The maximum absolute atomic E-state index is 11.0. The van der Waals surface area contributed by atoms with Crippen LogP contribution in [0.2, 0.25) is 0 Å². The molecule has 18 heavy (non-hydrogen) atoms. The lowest BCUT2D eigenvalue weighted by atomic mass is 10.1. The van der Waals surface area contributed by atoms with Gasteiger partial charge in [-0.2, -0.15) is 10.5 Å². The Balaban J connectivity index is 3.48. The van der Waals surface area contributed by atoms with E-state index in [1.54, 1.807) is 0 Å². The second-order valence-corrected chi connectivity index (χ2v) is 4.34. The lowest BCUT2D eigenvalue weighted by Crippen LogP contribution is -2.10. The zero-order valence-electron chi connectivity index (χ0n) is 8.39. The van der Waals surface area contributed by atoms with E-state index >= 15 is 0 Å². The van der Waals surface area contributed by atoms with Gasteiger partial charge in [0.1, 0.15) is 10.1 Å². The second-order valence-electron chi connectivity index (χ2n) is 2.96. The summed E-state index contributed by atoms with van der Waals surface area (Å²) in [6, 6.07) is 1.94. The minimum Gasteiger partial charge on any atom is -0.744 e. The molecule has 0 aliphatic carbocycles. The third-order valence-electron chi connectivity index (χ3n) is 1.83. The van der Waals surface area contributed by atoms with Crippen LogP contribution in [-0.4, -0.2) is 35.4 Å². The monoisotopic (exact) mass is 277 g/mol. The van der Waals surface area contributed by atoms with Crippen molar-refractivity contribution in [1.29, 1.82) is 0 Å². The van der Waals surface area contributed by atoms with E-state index in [0.29, 0.717) is 12.1 Å². The summed E-state index contributed by atoms with van der Waals surface area (Å²) in [5, 5.41) is 16.3. The third-order valence-corrected chi connectivity index (χ3v) is 2.65. The first-order valence-electron chi connectivity index (χ1n) is 4.12. The molecule has 0 atom stereocenters. The molecular formula is C8H5O9S-. The Bertz CT molecular complexity index is 554. The Morgan fingerprint density at radius 1 is 1.00 bits per heavy atom. The van der Waals surface area contributed by atoms with Crippen LogP contribution in [0.15, 0.2) is 23.1 Å². The summed E-state index contributed by atoms with van der Waals surface area (Å²) in [4.78, 5) is 27.7. The van der Waals surface area contributed by atoms with Gasteiger partial charge in [-0.15, -0.1) is 0 Å². The van der Waals surface area contributed by atoms with Gasteiger partial charge in [-0.25, -0.2) is 18.0 Å². The Morgan fingerprint density at radius 2 is 1.39 bits per heavy atom. The maximum atomic E-state index is 11.0.